The molecule has 3 saturated carbocycles. The number of amides is 1. The molecule has 0 saturated heterocycles. The molecule has 1 amide bonds. The molecule has 0 aliphatic heterocycles. The van der Waals surface area contributed by atoms with E-state index in [0.29, 0.717) is 18.2 Å². The molecule has 0 spiro atoms. The van der Waals surface area contributed by atoms with E-state index in [-0.39, 0.29) is 44.4 Å². The Labute approximate surface area is 345 Å². The fraction of sp³-hybridized carbons (Fsp3) is 0.737. The number of allylic oxidation sites excluding steroid dienone is 3. The van der Waals surface area contributed by atoms with E-state index in [0.717, 1.165) is 37.8 Å². The van der Waals surface area contributed by atoms with Gasteiger partial charge in [0, 0.05) is 42.7 Å². The van der Waals surface area contributed by atoms with Gasteiger partial charge in [-0.3, -0.25) is 23.7 Å². The number of halogens is 3. The Morgan fingerprint density at radius 1 is 1.05 bits per heavy atom. The van der Waals surface area contributed by atoms with Crippen LogP contribution in [0.1, 0.15) is 91.9 Å². The minimum Gasteiger partial charge on any atom is -0.470 e. The molecule has 0 heterocycles. The first-order valence-electron chi connectivity index (χ1n) is 19.6. The lowest BCUT2D eigenvalue weighted by Crippen LogP contribution is -2.66. The van der Waals surface area contributed by atoms with Crippen LogP contribution in [-0.4, -0.2) is 88.7 Å². The van der Waals surface area contributed by atoms with Gasteiger partial charge in [0.25, 0.3) is 0 Å². The molecule has 0 aromatic carbocycles. The van der Waals surface area contributed by atoms with Crippen LogP contribution in [0.2, 0.25) is 0 Å². The molecule has 0 aromatic rings. The van der Waals surface area contributed by atoms with Crippen LogP contribution in [0.5, 0.6) is 0 Å². The minimum absolute atomic E-state index is 0.0687. The highest BCUT2D eigenvalue weighted by Gasteiger charge is 2.77. The number of carbonyl (C=O) groups excluding carboxylic acids is 4. The number of hydrogen-bond donors (Lipinski definition) is 3. The van der Waals surface area contributed by atoms with E-state index < -0.39 is 122 Å². The van der Waals surface area contributed by atoms with Crippen molar-refractivity contribution in [2.75, 3.05) is 32.6 Å². The summed E-state index contributed by atoms with van der Waals surface area (Å²) in [6, 6.07) is -1.09. The Kier molecular flexibility index (Phi) is 15.2. The fourth-order valence-corrected chi connectivity index (χ4v) is 12.5. The minimum atomic E-state index is -5.47. The lowest BCUT2D eigenvalue weighted by atomic mass is 9.45. The molecule has 11 atom stereocenters. The van der Waals surface area contributed by atoms with Gasteiger partial charge in [0.2, 0.25) is 11.0 Å². The molecule has 0 bridgehead atoms. The van der Waals surface area contributed by atoms with Gasteiger partial charge >= 0.3 is 21.6 Å². The van der Waals surface area contributed by atoms with Crippen LogP contribution in [0.4, 0.5) is 13.2 Å². The summed E-state index contributed by atoms with van der Waals surface area (Å²) in [5, 5.41) is 1.68. The number of ether oxygens (including phenoxy) is 3. The number of carbonyl (C=O) groups is 4. The maximum Gasteiger partial charge on any atom is 0.484 e. The average molecular weight is 898 g/mol. The van der Waals surface area contributed by atoms with Gasteiger partial charge in [0.15, 0.2) is 18.2 Å². The molecular weight excluding hydrogens is 845 g/mol. The van der Waals surface area contributed by atoms with Gasteiger partial charge in [-0.25, -0.2) is 26.8 Å². The monoisotopic (exact) mass is 897 g/mol. The Balaban J connectivity index is 1.23. The zero-order chi connectivity index (χ0) is 43.4. The van der Waals surface area contributed by atoms with Crippen LogP contribution in [0.3, 0.4) is 0 Å². The van der Waals surface area contributed by atoms with Crippen LogP contribution in [0, 0.1) is 40.4 Å². The number of esters is 1. The quantitative estimate of drug-likeness (QED) is 0.0469. The molecule has 59 heavy (non-hydrogen) atoms. The van der Waals surface area contributed by atoms with E-state index in [1.807, 2.05) is 0 Å². The van der Waals surface area contributed by atoms with Crippen LogP contribution in [-0.2, 0) is 55.9 Å². The Bertz CT molecular complexity index is 1880. The second-order valence-electron chi connectivity index (χ2n) is 15.9. The van der Waals surface area contributed by atoms with Crippen molar-refractivity contribution in [3.63, 3.8) is 0 Å². The topological polar surface area (TPSA) is 210 Å². The second-order valence-corrected chi connectivity index (χ2v) is 19.8. The molecule has 15 nitrogen and oxygen atoms in total. The molecular formula is C38H52F3NO14P2S. The van der Waals surface area contributed by atoms with Gasteiger partial charge in [-0.2, -0.15) is 4.31 Å². The molecule has 5 aliphatic rings. The van der Waals surface area contributed by atoms with E-state index >= 15 is 8.78 Å². The number of fused-ring (bicyclic) bond motifs is 5. The Morgan fingerprint density at radius 3 is 2.49 bits per heavy atom. The largest absolute Gasteiger partial charge is 0.484 e. The van der Waals surface area contributed by atoms with Gasteiger partial charge in [-0.05, 0) is 81.2 Å². The Morgan fingerprint density at radius 2 is 1.78 bits per heavy atom. The molecule has 3 unspecified atom stereocenters. The SMILES string of the molecule is CCC(=O)O[C@]1(C(=O)SCF)[C@H](C)C[C@H]2[C@@H]3C[C@H](F)C4=CC(=O)C=C(OCOP(=O)(O)OP(=O)(O)OCCNC(=O)COC5C#CCCCCC5)[C@@]4(C)[C@@]3(F)CC[C@@]21C. The summed E-state index contributed by atoms with van der Waals surface area (Å²) in [6.07, 6.45) is 3.16. The number of hydrogen-bond acceptors (Lipinski definition) is 13. The predicted octanol–water partition coefficient (Wildman–Crippen LogP) is 6.48. The highest BCUT2D eigenvalue weighted by atomic mass is 32.2. The number of phosphoric acid groups is 2. The summed E-state index contributed by atoms with van der Waals surface area (Å²) in [7, 11) is -10.8. The standard InChI is InChI=1S/C38H52F3NO14P2S/c1-5-33(45)55-38(34(46)59-22-39)24(2)17-27-28-20-30(40)29-18-25(43)19-31(36(29,4)37(28,41)14-13-35(27,38)3)52-23-54-58(49,50)56-57(47,48)53-16-15-42-32(44)21-51-26-11-9-7-6-8-10-12-26/h18-19,24,26-28,30H,5-9,11,13-17,20-23H2,1-4H3,(H,42,44)(H,47,48)(H,49,50)/t24-,26?,27+,28+,30+,35+,36+,37-,38+/m1/s1. The fourth-order valence-electron chi connectivity index (χ4n) is 9.80. The molecule has 21 heteroatoms. The van der Waals surface area contributed by atoms with Crippen molar-refractivity contribution in [1.29, 1.82) is 0 Å². The summed E-state index contributed by atoms with van der Waals surface area (Å²) in [5.74, 6) is 0.849. The molecule has 0 radical (unpaired) electrons. The van der Waals surface area contributed by atoms with Crippen LogP contribution < -0.4 is 5.32 Å². The third kappa shape index (κ3) is 9.61. The predicted molar refractivity (Wildman–Crippen MR) is 206 cm³/mol. The number of phosphoric ester groups is 2. The third-order valence-corrected chi connectivity index (χ3v) is 15.9. The maximum atomic E-state index is 18.2. The van der Waals surface area contributed by atoms with Crippen LogP contribution in [0.15, 0.2) is 23.5 Å². The van der Waals surface area contributed by atoms with Crippen molar-refractivity contribution < 1.29 is 78.8 Å². The van der Waals surface area contributed by atoms with Crippen molar-refractivity contribution in [2.45, 2.75) is 115 Å². The van der Waals surface area contributed by atoms with E-state index in [1.165, 1.54) is 13.8 Å². The lowest BCUT2D eigenvalue weighted by molar-refractivity contribution is -0.203. The van der Waals surface area contributed by atoms with E-state index in [4.69, 9.17) is 18.7 Å². The van der Waals surface area contributed by atoms with Gasteiger partial charge in [0.1, 0.15) is 36.3 Å². The van der Waals surface area contributed by atoms with E-state index in [1.54, 1.807) is 13.8 Å². The third-order valence-electron chi connectivity index (χ3n) is 12.6. The molecule has 3 fully saturated rings. The number of alkyl halides is 3. The lowest BCUT2D eigenvalue weighted by Gasteiger charge is -2.62. The summed E-state index contributed by atoms with van der Waals surface area (Å²) < 4.78 is 104. The van der Waals surface area contributed by atoms with Gasteiger partial charge in [-0.1, -0.05) is 33.1 Å². The number of rotatable bonds is 17. The van der Waals surface area contributed by atoms with Crippen molar-refractivity contribution in [1.82, 2.24) is 5.32 Å². The van der Waals surface area contributed by atoms with Crippen LogP contribution in [0.25, 0.3) is 0 Å². The molecule has 330 valence electrons. The van der Waals surface area contributed by atoms with Gasteiger partial charge in [-0.15, -0.1) is 5.92 Å². The normalized spacial score (nSPS) is 35.9. The highest BCUT2D eigenvalue weighted by molar-refractivity contribution is 8.13. The molecule has 5 rings (SSSR count). The molecule has 0 aromatic heterocycles. The first kappa shape index (κ1) is 47.5. The van der Waals surface area contributed by atoms with Gasteiger partial charge in [0.05, 0.1) is 12.0 Å². The summed E-state index contributed by atoms with van der Waals surface area (Å²) in [6.45, 7) is 3.71. The smallest absolute Gasteiger partial charge is 0.470 e. The summed E-state index contributed by atoms with van der Waals surface area (Å²) in [4.78, 5) is 71.8. The first-order valence-corrected chi connectivity index (χ1v) is 23.6. The van der Waals surface area contributed by atoms with Crippen molar-refractivity contribution in [3.8, 4) is 11.8 Å². The van der Waals surface area contributed by atoms with E-state index in [2.05, 4.69) is 26.0 Å². The average Bonchev–Trinajstić information content (AvgIpc) is 3.37. The molecule has 3 N–H and O–H groups in total. The second kappa shape index (κ2) is 18.8. The summed E-state index contributed by atoms with van der Waals surface area (Å²) >= 11 is 0.354. The maximum absolute atomic E-state index is 18.2. The first-order chi connectivity index (χ1) is 27.7. The number of ketones is 1. The Hall–Kier alpha value is -2.52. The summed E-state index contributed by atoms with van der Waals surface area (Å²) in [5.41, 5.74) is -7.69. The number of nitrogens with one attached hydrogen (secondary N) is 1. The van der Waals surface area contributed by atoms with Crippen molar-refractivity contribution in [3.05, 3.63) is 23.5 Å². The number of thioether (sulfide) groups is 1. The van der Waals surface area contributed by atoms with Crippen LogP contribution >= 0.6 is 27.4 Å². The zero-order valence-corrected chi connectivity index (χ0v) is 36.0. The van der Waals surface area contributed by atoms with Crippen molar-refractivity contribution >= 4 is 50.2 Å². The highest BCUT2D eigenvalue weighted by Crippen LogP contribution is 2.73. The van der Waals surface area contributed by atoms with Crippen molar-refractivity contribution in [2.24, 2.45) is 28.6 Å². The van der Waals surface area contributed by atoms with Gasteiger partial charge < -0.3 is 29.3 Å². The zero-order valence-electron chi connectivity index (χ0n) is 33.4. The van der Waals surface area contributed by atoms with E-state index in [9.17, 15) is 42.5 Å². The molecule has 5 aliphatic carbocycles.